The van der Waals surface area contributed by atoms with Gasteiger partial charge in [-0.05, 0) is 128 Å². The number of allylic oxidation sites excluding steroid dienone is 1. The van der Waals surface area contributed by atoms with Gasteiger partial charge in [-0.25, -0.2) is 0 Å². The number of aliphatic hydroxyl groups is 1. The fourth-order valence-corrected chi connectivity index (χ4v) is 12.8. The highest BCUT2D eigenvalue weighted by atomic mass is 16.5. The van der Waals surface area contributed by atoms with E-state index in [1.165, 1.54) is 37.7 Å². The highest BCUT2D eigenvalue weighted by Gasteiger charge is 2.71. The van der Waals surface area contributed by atoms with Crippen LogP contribution in [0.1, 0.15) is 132 Å². The Morgan fingerprint density at radius 2 is 1.55 bits per heavy atom. The maximum absolute atomic E-state index is 13.1. The lowest BCUT2D eigenvalue weighted by molar-refractivity contribution is -0.251. The molecule has 5 fully saturated rings. The molecule has 0 amide bonds. The largest absolute Gasteiger partial charge is 0.481 e. The van der Waals surface area contributed by atoms with Crippen LogP contribution in [-0.4, -0.2) is 34.9 Å². The Bertz CT molecular complexity index is 1110. The third kappa shape index (κ3) is 4.64. The molecule has 0 heterocycles. The smallest absolute Gasteiger partial charge is 0.306 e. The average molecular weight is 585 g/mol. The van der Waals surface area contributed by atoms with E-state index in [1.54, 1.807) is 0 Å². The molecular formula is C37H60O5. The molecule has 238 valence electrons. The minimum absolute atomic E-state index is 0.0374. The number of esters is 1. The molecule has 0 saturated heterocycles. The van der Waals surface area contributed by atoms with Gasteiger partial charge in [-0.2, -0.15) is 0 Å². The van der Waals surface area contributed by atoms with E-state index < -0.39 is 11.4 Å². The first-order chi connectivity index (χ1) is 19.4. The number of ether oxygens (including phenoxy) is 1. The van der Waals surface area contributed by atoms with Gasteiger partial charge in [0.2, 0.25) is 0 Å². The lowest BCUT2D eigenvalue weighted by atomic mass is 9.32. The Balaban J connectivity index is 1.39. The highest BCUT2D eigenvalue weighted by Crippen LogP contribution is 2.77. The van der Waals surface area contributed by atoms with Crippen LogP contribution in [0.25, 0.3) is 0 Å². The monoisotopic (exact) mass is 584 g/mol. The van der Waals surface area contributed by atoms with E-state index in [0.717, 1.165) is 32.1 Å². The van der Waals surface area contributed by atoms with E-state index in [4.69, 9.17) is 4.74 Å². The van der Waals surface area contributed by atoms with E-state index in [-0.39, 0.29) is 52.0 Å². The molecule has 0 radical (unpaired) electrons. The van der Waals surface area contributed by atoms with Crippen molar-refractivity contribution in [1.82, 2.24) is 0 Å². The number of hydrogen-bond donors (Lipinski definition) is 2. The zero-order chi connectivity index (χ0) is 31.1. The summed E-state index contributed by atoms with van der Waals surface area (Å²) in [5, 5.41) is 20.0. The van der Waals surface area contributed by atoms with Crippen LogP contribution < -0.4 is 0 Å². The second-order valence-corrected chi connectivity index (χ2v) is 18.0. The van der Waals surface area contributed by atoms with Crippen molar-refractivity contribution < 1.29 is 24.5 Å². The normalized spacial score (nSPS) is 46.0. The molecule has 5 aliphatic carbocycles. The van der Waals surface area contributed by atoms with E-state index in [2.05, 4.69) is 48.1 Å². The molecule has 5 rings (SSSR count). The van der Waals surface area contributed by atoms with Crippen molar-refractivity contribution in [2.24, 2.45) is 62.1 Å². The van der Waals surface area contributed by atoms with Crippen LogP contribution >= 0.6 is 0 Å². The summed E-state index contributed by atoms with van der Waals surface area (Å²) in [6.45, 7) is 23.2. The summed E-state index contributed by atoms with van der Waals surface area (Å²) in [5.41, 5.74) is 1.37. The minimum atomic E-state index is -0.877. The van der Waals surface area contributed by atoms with Crippen LogP contribution in [0.5, 0.6) is 0 Å². The summed E-state index contributed by atoms with van der Waals surface area (Å²) in [6, 6.07) is 0. The zero-order valence-corrected chi connectivity index (χ0v) is 28.0. The van der Waals surface area contributed by atoms with E-state index in [9.17, 15) is 19.8 Å². The number of hydrogen-bond acceptors (Lipinski definition) is 4. The van der Waals surface area contributed by atoms with E-state index in [0.29, 0.717) is 36.2 Å². The molecule has 5 nitrogen and oxygen atoms in total. The number of carboxylic acids is 1. The number of rotatable bonds is 7. The van der Waals surface area contributed by atoms with Gasteiger partial charge in [0.05, 0.1) is 12.8 Å². The van der Waals surface area contributed by atoms with Crippen molar-refractivity contribution in [3.05, 3.63) is 12.2 Å². The van der Waals surface area contributed by atoms with Crippen molar-refractivity contribution in [2.45, 2.75) is 139 Å². The first kappa shape index (κ1) is 32.0. The van der Waals surface area contributed by atoms with Crippen LogP contribution in [0, 0.1) is 62.1 Å². The number of aliphatic carboxylic acids is 1. The fourth-order valence-electron chi connectivity index (χ4n) is 12.8. The maximum atomic E-state index is 13.1. The summed E-state index contributed by atoms with van der Waals surface area (Å²) in [4.78, 5) is 24.4. The zero-order valence-electron chi connectivity index (χ0n) is 28.0. The topological polar surface area (TPSA) is 83.8 Å². The first-order valence-electron chi connectivity index (χ1n) is 17.0. The Kier molecular flexibility index (Phi) is 7.89. The maximum Gasteiger partial charge on any atom is 0.306 e. The third-order valence-electron chi connectivity index (χ3n) is 15.0. The second-order valence-electron chi connectivity index (χ2n) is 18.0. The Labute approximate surface area is 255 Å². The van der Waals surface area contributed by atoms with Gasteiger partial charge in [-0.3, -0.25) is 9.59 Å². The van der Waals surface area contributed by atoms with Gasteiger partial charge < -0.3 is 14.9 Å². The standard InChI is InChI=1S/C37H60O5/c1-23(2)24-12-17-37(22-38)19-18-35(8)25(31(24)37)10-11-27-34(7)15-14-28(33(5,6)26(34)13-16-36(27,35)9)42-30(41)21-32(3,4)20-29(39)40/h24-28,31,38H,1,10-22H2,2-9H3,(H,39,40)/t24-,25+,26-,27+,28-,31+,34-,35+,36+,37+/m0/s1. The second kappa shape index (κ2) is 10.3. The SMILES string of the molecule is C=C(C)[C@@H]1CC[C@]2(CO)CC[C@]3(C)[C@H](CC[C@@H]4[C@@]5(C)CC[C@H](OC(=O)CC(C)(C)CC(=O)O)C(C)(C)[C@@H]5CC[C@]43C)[C@@H]12. The number of carboxylic acid groups (broad SMARTS) is 1. The number of fused-ring (bicyclic) bond motifs is 7. The summed E-state index contributed by atoms with van der Waals surface area (Å²) in [5.74, 6) is 1.73. The van der Waals surface area contributed by atoms with Gasteiger partial charge in [0.15, 0.2) is 0 Å². The molecule has 0 aromatic heterocycles. The number of carbonyl (C=O) groups excluding carboxylic acids is 1. The molecule has 2 N–H and O–H groups in total. The van der Waals surface area contributed by atoms with Crippen molar-refractivity contribution >= 4 is 11.9 Å². The highest BCUT2D eigenvalue weighted by molar-refractivity contribution is 5.73. The molecule has 42 heavy (non-hydrogen) atoms. The molecule has 5 heteroatoms. The lowest BCUT2D eigenvalue weighted by Gasteiger charge is -2.73. The molecule has 5 saturated carbocycles. The number of carbonyl (C=O) groups is 2. The van der Waals surface area contributed by atoms with Gasteiger partial charge in [-0.1, -0.05) is 60.6 Å². The van der Waals surface area contributed by atoms with Crippen molar-refractivity contribution in [2.75, 3.05) is 6.61 Å². The third-order valence-corrected chi connectivity index (χ3v) is 15.0. The average Bonchev–Trinajstić information content (AvgIpc) is 3.25. The van der Waals surface area contributed by atoms with Crippen molar-refractivity contribution in [3.63, 3.8) is 0 Å². The quantitative estimate of drug-likeness (QED) is 0.232. The molecule has 10 atom stereocenters. The van der Waals surface area contributed by atoms with Gasteiger partial charge in [0.1, 0.15) is 6.10 Å². The van der Waals surface area contributed by atoms with Gasteiger partial charge in [0, 0.05) is 12.0 Å². The molecular weight excluding hydrogens is 524 g/mol. The first-order valence-corrected chi connectivity index (χ1v) is 17.0. The predicted octanol–water partition coefficient (Wildman–Crippen LogP) is 8.44. The summed E-state index contributed by atoms with van der Waals surface area (Å²) >= 11 is 0. The van der Waals surface area contributed by atoms with Crippen LogP contribution in [0.2, 0.25) is 0 Å². The Morgan fingerprint density at radius 1 is 0.857 bits per heavy atom. The Morgan fingerprint density at radius 3 is 2.17 bits per heavy atom. The Hall–Kier alpha value is -1.36. The molecule has 0 spiro atoms. The van der Waals surface area contributed by atoms with Crippen molar-refractivity contribution in [1.29, 1.82) is 0 Å². The van der Waals surface area contributed by atoms with Crippen LogP contribution in [0.4, 0.5) is 0 Å². The minimum Gasteiger partial charge on any atom is -0.481 e. The van der Waals surface area contributed by atoms with Crippen molar-refractivity contribution in [3.8, 4) is 0 Å². The molecule has 0 aliphatic heterocycles. The van der Waals surface area contributed by atoms with Crippen LogP contribution in [0.3, 0.4) is 0 Å². The molecule has 5 aliphatic rings. The van der Waals surface area contributed by atoms with Gasteiger partial charge >= 0.3 is 11.9 Å². The fraction of sp³-hybridized carbons (Fsp3) is 0.892. The molecule has 0 aromatic carbocycles. The van der Waals surface area contributed by atoms with Crippen LogP contribution in [-0.2, 0) is 14.3 Å². The predicted molar refractivity (Wildman–Crippen MR) is 167 cm³/mol. The van der Waals surface area contributed by atoms with Gasteiger partial charge in [0.25, 0.3) is 0 Å². The molecule has 0 bridgehead atoms. The van der Waals surface area contributed by atoms with Gasteiger partial charge in [-0.15, -0.1) is 0 Å². The summed E-state index contributed by atoms with van der Waals surface area (Å²) in [6.07, 6.45) is 11.5. The summed E-state index contributed by atoms with van der Waals surface area (Å²) < 4.78 is 6.23. The van der Waals surface area contributed by atoms with E-state index in [1.807, 2.05) is 13.8 Å². The molecule has 0 unspecified atom stereocenters. The summed E-state index contributed by atoms with van der Waals surface area (Å²) in [7, 11) is 0. The molecule has 0 aromatic rings. The number of aliphatic hydroxyl groups excluding tert-OH is 1. The van der Waals surface area contributed by atoms with Crippen LogP contribution in [0.15, 0.2) is 12.2 Å². The lowest BCUT2D eigenvalue weighted by Crippen LogP contribution is -2.67. The van der Waals surface area contributed by atoms with E-state index >= 15 is 0 Å².